The summed E-state index contributed by atoms with van der Waals surface area (Å²) in [6, 6.07) is 9.60. The standard InChI is InChI=1S/C21H19F3O4/c22-21(23,24)18-3-1-2-15-12(4-6-17(15)18)10-27-14-5-7-16-13(8-20(25)26)11-28-19(16)9-14/h1-3,5,7,9,12-13H,4,6,8,10-11H2,(H,25,26)/t12?,13-/m1/s1. The highest BCUT2D eigenvalue weighted by Crippen LogP contribution is 2.42. The number of carboxylic acid groups (broad SMARTS) is 1. The van der Waals surface area contributed by atoms with Gasteiger partial charge >= 0.3 is 12.1 Å². The summed E-state index contributed by atoms with van der Waals surface area (Å²) in [5.74, 6) is 0.0280. The Hall–Kier alpha value is -2.70. The summed E-state index contributed by atoms with van der Waals surface area (Å²) in [5, 5.41) is 8.96. The van der Waals surface area contributed by atoms with Gasteiger partial charge in [0.2, 0.25) is 0 Å². The van der Waals surface area contributed by atoms with E-state index in [4.69, 9.17) is 14.6 Å². The number of hydrogen-bond acceptors (Lipinski definition) is 3. The molecule has 0 aromatic heterocycles. The monoisotopic (exact) mass is 392 g/mol. The molecule has 0 saturated heterocycles. The van der Waals surface area contributed by atoms with Crippen molar-refractivity contribution in [2.24, 2.45) is 0 Å². The first kappa shape index (κ1) is 18.7. The Balaban J connectivity index is 1.46. The smallest absolute Gasteiger partial charge is 0.416 e. The van der Waals surface area contributed by atoms with E-state index in [1.165, 1.54) is 6.07 Å². The number of carbonyl (C=O) groups is 1. The summed E-state index contributed by atoms with van der Waals surface area (Å²) in [5.41, 5.74) is 1.37. The molecule has 0 saturated carbocycles. The van der Waals surface area contributed by atoms with Crippen LogP contribution in [0.25, 0.3) is 0 Å². The summed E-state index contributed by atoms with van der Waals surface area (Å²) in [6.07, 6.45) is -3.33. The van der Waals surface area contributed by atoms with Gasteiger partial charge in [0.15, 0.2) is 0 Å². The number of halogens is 3. The van der Waals surface area contributed by atoms with E-state index in [1.54, 1.807) is 24.3 Å². The van der Waals surface area contributed by atoms with Gasteiger partial charge in [-0.2, -0.15) is 13.2 Å². The van der Waals surface area contributed by atoms with Crippen LogP contribution >= 0.6 is 0 Å². The van der Waals surface area contributed by atoms with Gasteiger partial charge in [0.25, 0.3) is 0 Å². The normalized spacial score (nSPS) is 20.4. The molecule has 1 aliphatic heterocycles. The fourth-order valence-electron chi connectivity index (χ4n) is 4.10. The SMILES string of the molecule is O=C(O)C[C@@H]1COc2cc(OCC3CCc4c3cccc4C(F)(F)F)ccc21. The van der Waals surface area contributed by atoms with Crippen LogP contribution in [-0.4, -0.2) is 24.3 Å². The van der Waals surface area contributed by atoms with Crippen LogP contribution in [0.1, 0.15) is 46.9 Å². The van der Waals surface area contributed by atoms with Crippen molar-refractivity contribution in [1.82, 2.24) is 0 Å². The Kier molecular flexibility index (Phi) is 4.69. The van der Waals surface area contributed by atoms with Gasteiger partial charge in [-0.05, 0) is 36.1 Å². The predicted octanol–water partition coefficient (Wildman–Crippen LogP) is 4.76. The van der Waals surface area contributed by atoms with Gasteiger partial charge in [-0.25, -0.2) is 0 Å². The summed E-state index contributed by atoms with van der Waals surface area (Å²) < 4.78 is 50.9. The molecular formula is C21H19F3O4. The molecule has 1 heterocycles. The van der Waals surface area contributed by atoms with E-state index in [2.05, 4.69) is 0 Å². The zero-order valence-electron chi connectivity index (χ0n) is 15.0. The van der Waals surface area contributed by atoms with E-state index >= 15 is 0 Å². The van der Waals surface area contributed by atoms with E-state index in [-0.39, 0.29) is 24.9 Å². The molecule has 4 nitrogen and oxygen atoms in total. The minimum atomic E-state index is -4.34. The molecule has 0 fully saturated rings. The first-order chi connectivity index (χ1) is 13.3. The van der Waals surface area contributed by atoms with Gasteiger partial charge in [-0.15, -0.1) is 0 Å². The molecule has 4 rings (SSSR count). The highest BCUT2D eigenvalue weighted by atomic mass is 19.4. The van der Waals surface area contributed by atoms with Gasteiger partial charge in [-0.1, -0.05) is 18.2 Å². The third-order valence-corrected chi connectivity index (χ3v) is 5.44. The number of ether oxygens (including phenoxy) is 2. The van der Waals surface area contributed by atoms with Crippen molar-refractivity contribution in [3.63, 3.8) is 0 Å². The molecule has 28 heavy (non-hydrogen) atoms. The Morgan fingerprint density at radius 1 is 1.18 bits per heavy atom. The number of fused-ring (bicyclic) bond motifs is 2. The van der Waals surface area contributed by atoms with Crippen molar-refractivity contribution >= 4 is 5.97 Å². The van der Waals surface area contributed by atoms with Crippen LogP contribution in [0.2, 0.25) is 0 Å². The molecule has 0 spiro atoms. The maximum atomic E-state index is 13.2. The third-order valence-electron chi connectivity index (χ3n) is 5.44. The minimum absolute atomic E-state index is 0.00754. The molecule has 0 bridgehead atoms. The molecule has 148 valence electrons. The zero-order chi connectivity index (χ0) is 19.9. The van der Waals surface area contributed by atoms with Crippen LogP contribution in [0.4, 0.5) is 13.2 Å². The van der Waals surface area contributed by atoms with E-state index in [0.29, 0.717) is 42.1 Å². The highest BCUT2D eigenvalue weighted by molar-refractivity contribution is 5.68. The van der Waals surface area contributed by atoms with Crippen molar-refractivity contribution in [3.05, 3.63) is 58.7 Å². The molecular weight excluding hydrogens is 373 g/mol. The number of hydrogen-bond donors (Lipinski definition) is 1. The van der Waals surface area contributed by atoms with Gasteiger partial charge in [0, 0.05) is 23.5 Å². The van der Waals surface area contributed by atoms with E-state index in [1.807, 2.05) is 0 Å². The number of carboxylic acids is 1. The fraction of sp³-hybridized carbons (Fsp3) is 0.381. The van der Waals surface area contributed by atoms with Gasteiger partial charge < -0.3 is 14.6 Å². The maximum Gasteiger partial charge on any atom is 0.416 e. The number of alkyl halides is 3. The lowest BCUT2D eigenvalue weighted by Crippen LogP contribution is -2.10. The van der Waals surface area contributed by atoms with Gasteiger partial charge in [0.1, 0.15) is 11.5 Å². The summed E-state index contributed by atoms with van der Waals surface area (Å²) >= 11 is 0. The lowest BCUT2D eigenvalue weighted by molar-refractivity contribution is -0.138. The van der Waals surface area contributed by atoms with Crippen LogP contribution in [-0.2, 0) is 17.4 Å². The molecule has 1 aliphatic carbocycles. The molecule has 7 heteroatoms. The fourth-order valence-corrected chi connectivity index (χ4v) is 4.10. The lowest BCUT2D eigenvalue weighted by Gasteiger charge is -2.16. The maximum absolute atomic E-state index is 13.2. The third kappa shape index (κ3) is 3.53. The van der Waals surface area contributed by atoms with Crippen molar-refractivity contribution in [1.29, 1.82) is 0 Å². The molecule has 2 aromatic rings. The molecule has 1 unspecified atom stereocenters. The van der Waals surface area contributed by atoms with Crippen LogP contribution in [0.5, 0.6) is 11.5 Å². The summed E-state index contributed by atoms with van der Waals surface area (Å²) in [4.78, 5) is 10.9. The second kappa shape index (κ2) is 7.04. The van der Waals surface area contributed by atoms with E-state index in [9.17, 15) is 18.0 Å². The molecule has 2 atom stereocenters. The molecule has 1 N–H and O–H groups in total. The first-order valence-electron chi connectivity index (χ1n) is 9.13. The topological polar surface area (TPSA) is 55.8 Å². The Morgan fingerprint density at radius 2 is 2.00 bits per heavy atom. The first-order valence-corrected chi connectivity index (χ1v) is 9.13. The summed E-state index contributed by atoms with van der Waals surface area (Å²) in [7, 11) is 0. The number of benzene rings is 2. The van der Waals surface area contributed by atoms with Crippen LogP contribution in [0.15, 0.2) is 36.4 Å². The van der Waals surface area contributed by atoms with E-state index < -0.39 is 17.7 Å². The average Bonchev–Trinajstić information content (AvgIpc) is 3.22. The zero-order valence-corrected chi connectivity index (χ0v) is 15.0. The van der Waals surface area contributed by atoms with Gasteiger partial charge in [0.05, 0.1) is 25.2 Å². The number of aliphatic carboxylic acids is 1. The largest absolute Gasteiger partial charge is 0.493 e. The van der Waals surface area contributed by atoms with Crippen LogP contribution in [0.3, 0.4) is 0 Å². The van der Waals surface area contributed by atoms with Crippen LogP contribution in [0, 0.1) is 0 Å². The quantitative estimate of drug-likeness (QED) is 0.797. The lowest BCUT2D eigenvalue weighted by atomic mass is 9.98. The van der Waals surface area contributed by atoms with Crippen molar-refractivity contribution in [2.75, 3.05) is 13.2 Å². The molecule has 0 radical (unpaired) electrons. The highest BCUT2D eigenvalue weighted by Gasteiger charge is 2.37. The molecule has 2 aliphatic rings. The van der Waals surface area contributed by atoms with Gasteiger partial charge in [-0.3, -0.25) is 4.79 Å². The molecule has 0 amide bonds. The van der Waals surface area contributed by atoms with Crippen molar-refractivity contribution in [3.8, 4) is 11.5 Å². The van der Waals surface area contributed by atoms with E-state index in [0.717, 1.165) is 11.6 Å². The predicted molar refractivity (Wildman–Crippen MR) is 94.9 cm³/mol. The Morgan fingerprint density at radius 3 is 2.75 bits per heavy atom. The summed E-state index contributed by atoms with van der Waals surface area (Å²) in [6.45, 7) is 0.604. The average molecular weight is 392 g/mol. The van der Waals surface area contributed by atoms with Crippen molar-refractivity contribution in [2.45, 2.75) is 37.3 Å². The molecule has 2 aromatic carbocycles. The Labute approximate surface area is 159 Å². The Bertz CT molecular complexity index is 907. The van der Waals surface area contributed by atoms with Crippen LogP contribution < -0.4 is 9.47 Å². The second-order valence-electron chi connectivity index (χ2n) is 7.22. The second-order valence-corrected chi connectivity index (χ2v) is 7.22. The van der Waals surface area contributed by atoms with Crippen molar-refractivity contribution < 1.29 is 32.5 Å². The minimum Gasteiger partial charge on any atom is -0.493 e. The number of rotatable bonds is 5.